The van der Waals surface area contributed by atoms with Gasteiger partial charge in [-0.15, -0.1) is 0 Å². The maximum absolute atomic E-state index is 2.47. The molecule has 0 saturated heterocycles. The Morgan fingerprint density at radius 2 is 0.451 bits per heavy atom. The number of para-hydroxylation sites is 4. The molecule has 0 aliphatic carbocycles. The van der Waals surface area contributed by atoms with E-state index in [1.54, 1.807) is 0 Å². The van der Waals surface area contributed by atoms with Crippen molar-refractivity contribution in [3.05, 3.63) is 352 Å². The lowest BCUT2D eigenvalue weighted by atomic mass is 10.0. The maximum atomic E-state index is 2.47. The average molecular weight is 1180 g/mol. The van der Waals surface area contributed by atoms with Crippen LogP contribution in [0.25, 0.3) is 99.5 Å². The molecule has 14 aromatic carbocycles. The normalized spacial score (nSPS) is 11.6. The quantitative estimate of drug-likeness (QED) is 0.101. The molecule has 4 nitrogen and oxygen atoms in total. The fourth-order valence-electron chi connectivity index (χ4n) is 13.6. The zero-order chi connectivity index (χ0) is 60.8. The molecule has 0 radical (unpaired) electrons. The van der Waals surface area contributed by atoms with Crippen molar-refractivity contribution < 1.29 is 0 Å². The molecule has 0 spiro atoms. The largest absolute Gasteiger partial charge is 0.310 e. The topological polar surface area (TPSA) is 16.3 Å². The Bertz CT molecular complexity index is 4900. The second-order valence-corrected chi connectivity index (χ2v) is 28.6. The van der Waals surface area contributed by atoms with Crippen LogP contribution in [0.5, 0.6) is 0 Å². The van der Waals surface area contributed by atoms with Gasteiger partial charge < -0.3 is 18.9 Å². The predicted molar refractivity (Wildman–Crippen MR) is 389 cm³/mol. The molecule has 5 heteroatoms. The van der Waals surface area contributed by atoms with E-state index in [9.17, 15) is 0 Å². The molecule has 2 aromatic heterocycles. The number of benzene rings is 14. The highest BCUT2D eigenvalue weighted by molar-refractivity contribution is 7.00. The van der Waals surface area contributed by atoms with Crippen LogP contribution in [-0.2, 0) is 0 Å². The van der Waals surface area contributed by atoms with Crippen molar-refractivity contribution in [2.45, 2.75) is 13.1 Å². The lowest BCUT2D eigenvalue weighted by Crippen LogP contribution is -2.52. The molecule has 91 heavy (non-hydrogen) atoms. The number of anilines is 6. The third kappa shape index (κ3) is 10.2. The third-order valence-corrected chi connectivity index (χ3v) is 22.0. The van der Waals surface area contributed by atoms with Gasteiger partial charge >= 0.3 is 0 Å². The van der Waals surface area contributed by atoms with Gasteiger partial charge in [0.2, 0.25) is 0 Å². The summed E-state index contributed by atoms with van der Waals surface area (Å²) in [6.45, 7) is 4.94. The summed E-state index contributed by atoms with van der Waals surface area (Å²) in [5.74, 6) is 0. The highest BCUT2D eigenvalue weighted by Gasteiger charge is 2.27. The number of aromatic nitrogens is 2. The van der Waals surface area contributed by atoms with Crippen LogP contribution >= 0.6 is 0 Å². The molecule has 0 fully saturated rings. The Hall–Kier alpha value is -11.5. The van der Waals surface area contributed by atoms with Crippen LogP contribution in [-0.4, -0.2) is 17.2 Å². The molecule has 0 aliphatic heterocycles. The van der Waals surface area contributed by atoms with E-state index in [4.69, 9.17) is 0 Å². The Kier molecular flexibility index (Phi) is 14.0. The Morgan fingerprint density at radius 1 is 0.209 bits per heavy atom. The number of rotatable bonds is 14. The van der Waals surface area contributed by atoms with E-state index in [0.717, 1.165) is 45.5 Å². The van der Waals surface area contributed by atoms with Crippen molar-refractivity contribution in [1.29, 1.82) is 0 Å². The minimum absolute atomic E-state index is 1.09. The van der Waals surface area contributed by atoms with Crippen molar-refractivity contribution >= 4 is 96.2 Å². The van der Waals surface area contributed by atoms with Gasteiger partial charge in [-0.1, -0.05) is 254 Å². The second-order valence-electron chi connectivity index (χ2n) is 24.1. The van der Waals surface area contributed by atoms with Gasteiger partial charge in [0.05, 0.1) is 22.1 Å². The van der Waals surface area contributed by atoms with Gasteiger partial charge in [-0.2, -0.15) is 0 Å². The number of fused-ring (bicyclic) bond motifs is 6. The molecule has 0 saturated carbocycles. The second kappa shape index (κ2) is 23.2. The summed E-state index contributed by atoms with van der Waals surface area (Å²) in [6.07, 6.45) is 0. The van der Waals surface area contributed by atoms with E-state index in [1.807, 2.05) is 0 Å². The van der Waals surface area contributed by atoms with Crippen LogP contribution in [0.15, 0.2) is 352 Å². The van der Waals surface area contributed by atoms with Gasteiger partial charge in [-0.25, -0.2) is 0 Å². The SMILES string of the molecule is C[Si](C)(c1ccc(-c2ccc(N(c3ccc(-c4ccccc4)cc3)c3ccc4c(c3)c3ccccc3n4-c3ccccc3)cc2)cc1)c1ccc(-c2ccc(N(c3ccc(-c4ccccc4)cc3)c3ccc4c(c3)c3ccccc3n4-c3ccccc3)cc2)cc1. The smallest absolute Gasteiger partial charge is 0.112 e. The van der Waals surface area contributed by atoms with Gasteiger partial charge in [0, 0.05) is 67.0 Å². The van der Waals surface area contributed by atoms with Crippen LogP contribution in [0.4, 0.5) is 34.1 Å². The molecule has 16 aromatic rings. The summed E-state index contributed by atoms with van der Waals surface area (Å²) in [7, 11) is -2.08. The summed E-state index contributed by atoms with van der Waals surface area (Å²) in [4.78, 5) is 4.78. The fraction of sp³-hybridized carbons (Fsp3) is 0.0233. The summed E-state index contributed by atoms with van der Waals surface area (Å²) in [5, 5.41) is 7.69. The highest BCUT2D eigenvalue weighted by Crippen LogP contribution is 2.43. The standard InChI is InChI=1S/C86H64N4Si/c1-91(2,77-53-39-67(40-54-77)65-35-47-73(48-36-65)87(71-43-31-63(32-44-71)61-19-7-3-8-20-61)75-51-57-85-81(59-75)79-27-15-17-29-83(79)89(85)69-23-11-5-12-24-69)78-55-41-68(42-56-78)66-37-49-74(50-38-66)88(72-45-33-64(34-46-72)62-21-9-4-10-22-62)76-52-58-86-82(60-76)80-28-16-18-30-84(80)90(86)70-25-13-6-14-26-70/h3-60H,1-2H3. The Balaban J connectivity index is 0.671. The maximum Gasteiger partial charge on any atom is 0.112 e. The molecule has 0 amide bonds. The lowest BCUT2D eigenvalue weighted by Gasteiger charge is -2.26. The van der Waals surface area contributed by atoms with Crippen molar-refractivity contribution in [2.24, 2.45) is 0 Å². The first-order chi connectivity index (χ1) is 44.9. The molecular formula is C86H64N4Si. The molecule has 16 rings (SSSR count). The molecule has 0 aliphatic rings. The van der Waals surface area contributed by atoms with Gasteiger partial charge in [0.25, 0.3) is 0 Å². The minimum atomic E-state index is -2.08. The van der Waals surface area contributed by atoms with Crippen LogP contribution in [0.2, 0.25) is 13.1 Å². The fourth-order valence-corrected chi connectivity index (χ4v) is 15.9. The van der Waals surface area contributed by atoms with E-state index >= 15 is 0 Å². The minimum Gasteiger partial charge on any atom is -0.310 e. The molecule has 0 atom stereocenters. The van der Waals surface area contributed by atoms with E-state index < -0.39 is 8.07 Å². The van der Waals surface area contributed by atoms with Crippen molar-refractivity contribution in [1.82, 2.24) is 9.13 Å². The Labute approximate surface area is 532 Å². The van der Waals surface area contributed by atoms with Crippen LogP contribution in [0, 0.1) is 0 Å². The molecule has 0 N–H and O–H groups in total. The van der Waals surface area contributed by atoms with Crippen molar-refractivity contribution in [2.75, 3.05) is 9.80 Å². The van der Waals surface area contributed by atoms with Crippen molar-refractivity contribution in [3.8, 4) is 55.9 Å². The average Bonchev–Trinajstić information content (AvgIpc) is 1.63. The first kappa shape index (κ1) is 54.9. The van der Waals surface area contributed by atoms with Gasteiger partial charge in [-0.3, -0.25) is 0 Å². The lowest BCUT2D eigenvalue weighted by molar-refractivity contribution is 1.18. The van der Waals surface area contributed by atoms with E-state index in [2.05, 4.69) is 384 Å². The summed E-state index contributed by atoms with van der Waals surface area (Å²) in [6, 6.07) is 129. The highest BCUT2D eigenvalue weighted by atomic mass is 28.3. The molecule has 2 heterocycles. The van der Waals surface area contributed by atoms with E-state index in [-0.39, 0.29) is 0 Å². The number of hydrogen-bond donors (Lipinski definition) is 0. The van der Waals surface area contributed by atoms with Gasteiger partial charge in [-0.05, 0) is 166 Å². The van der Waals surface area contributed by atoms with Gasteiger partial charge in [0.15, 0.2) is 0 Å². The molecular weight excluding hydrogens is 1120 g/mol. The number of nitrogens with zero attached hydrogens (tertiary/aromatic N) is 4. The van der Waals surface area contributed by atoms with Crippen LogP contribution in [0.3, 0.4) is 0 Å². The first-order valence-corrected chi connectivity index (χ1v) is 34.4. The monoisotopic (exact) mass is 1180 g/mol. The van der Waals surface area contributed by atoms with Crippen molar-refractivity contribution in [3.63, 3.8) is 0 Å². The summed E-state index contributed by atoms with van der Waals surface area (Å²) >= 11 is 0. The van der Waals surface area contributed by atoms with Crippen LogP contribution in [0.1, 0.15) is 0 Å². The summed E-state index contributed by atoms with van der Waals surface area (Å²) < 4.78 is 4.76. The summed E-state index contributed by atoms with van der Waals surface area (Å²) in [5.41, 5.74) is 23.2. The first-order valence-electron chi connectivity index (χ1n) is 31.4. The molecule has 0 unspecified atom stereocenters. The van der Waals surface area contributed by atoms with E-state index in [0.29, 0.717) is 0 Å². The van der Waals surface area contributed by atoms with Gasteiger partial charge in [0.1, 0.15) is 8.07 Å². The Morgan fingerprint density at radius 3 is 0.769 bits per heavy atom. The molecule has 0 bridgehead atoms. The zero-order valence-corrected chi connectivity index (χ0v) is 51.8. The van der Waals surface area contributed by atoms with E-state index in [1.165, 1.54) is 98.5 Å². The number of hydrogen-bond acceptors (Lipinski definition) is 2. The predicted octanol–water partition coefficient (Wildman–Crippen LogP) is 22.3. The van der Waals surface area contributed by atoms with Crippen LogP contribution < -0.4 is 20.2 Å². The zero-order valence-electron chi connectivity index (χ0n) is 50.8. The molecule has 432 valence electrons. The third-order valence-electron chi connectivity index (χ3n) is 18.5.